The van der Waals surface area contributed by atoms with E-state index in [-0.39, 0.29) is 36.5 Å². The number of hydrogen-bond donors (Lipinski definition) is 2. The summed E-state index contributed by atoms with van der Waals surface area (Å²) in [5, 5.41) is 13.3. The van der Waals surface area contributed by atoms with E-state index in [0.717, 1.165) is 38.8 Å². The van der Waals surface area contributed by atoms with E-state index in [0.29, 0.717) is 11.4 Å². The van der Waals surface area contributed by atoms with Crippen LogP contribution in [-0.2, 0) is 4.74 Å². The first-order valence-electron chi connectivity index (χ1n) is 10.5. The number of hydrogen-bond acceptors (Lipinski definition) is 5. The van der Waals surface area contributed by atoms with Crippen molar-refractivity contribution in [3.05, 3.63) is 28.9 Å². The Bertz CT molecular complexity index is 748. The zero-order valence-corrected chi connectivity index (χ0v) is 18.7. The van der Waals surface area contributed by atoms with Crippen molar-refractivity contribution >= 4 is 6.08 Å². The third-order valence-electron chi connectivity index (χ3n) is 5.90. The molecule has 0 amide bonds. The van der Waals surface area contributed by atoms with E-state index in [9.17, 15) is 18.3 Å². The lowest BCUT2D eigenvalue weighted by molar-refractivity contribution is -0.197. The third kappa shape index (κ3) is 5.80. The van der Waals surface area contributed by atoms with Gasteiger partial charge in [0.05, 0.1) is 59.6 Å². The summed E-state index contributed by atoms with van der Waals surface area (Å²) < 4.78 is 45.8. The van der Waals surface area contributed by atoms with Gasteiger partial charge in [0.1, 0.15) is 0 Å². The van der Waals surface area contributed by atoms with Crippen molar-refractivity contribution < 1.29 is 23.0 Å². The predicted octanol–water partition coefficient (Wildman–Crippen LogP) is 4.75. The largest absolute Gasteiger partial charge is 0.397 e. The van der Waals surface area contributed by atoms with Crippen LogP contribution in [0.2, 0.25) is 0 Å². The minimum Gasteiger partial charge on any atom is -0.395 e. The number of alkyl halides is 3. The molecule has 1 fully saturated rings. The van der Waals surface area contributed by atoms with Gasteiger partial charge in [-0.1, -0.05) is 5.57 Å². The quantitative estimate of drug-likeness (QED) is 0.683. The summed E-state index contributed by atoms with van der Waals surface area (Å²) in [7, 11) is 0. The molecule has 2 heterocycles. The molecule has 0 radical (unpaired) electrons. The molecule has 1 saturated heterocycles. The first-order valence-corrected chi connectivity index (χ1v) is 10.5. The predicted molar refractivity (Wildman–Crippen MR) is 111 cm³/mol. The molecule has 3 atom stereocenters. The van der Waals surface area contributed by atoms with Crippen LogP contribution in [0.3, 0.4) is 0 Å². The number of nitrogens with one attached hydrogen (secondary N) is 1. The summed E-state index contributed by atoms with van der Waals surface area (Å²) >= 11 is 0. The second-order valence-corrected chi connectivity index (χ2v) is 8.88. The number of aryl methyl sites for hydroxylation is 1. The molecule has 30 heavy (non-hydrogen) atoms. The summed E-state index contributed by atoms with van der Waals surface area (Å²) in [5.41, 5.74) is -0.0290. The Morgan fingerprint density at radius 1 is 1.33 bits per heavy atom. The summed E-state index contributed by atoms with van der Waals surface area (Å²) in [6.45, 7) is 9.44. The molecule has 1 aliphatic rings. The molecule has 2 N–H and O–H groups in total. The first kappa shape index (κ1) is 24.8. The van der Waals surface area contributed by atoms with Crippen LogP contribution >= 0.6 is 0 Å². The highest BCUT2D eigenvalue weighted by Crippen LogP contribution is 2.43. The number of halogens is 3. The standard InChI is InChI=1S/C22H34F3N3O2/c1-13(2)30-20-9-7-8-16(28-19(20)12-29)18-11-26-17(15(4)27-18)10-14(3)21(5,6)22(23,24)25/h10-11,13,16,19-20,28-29H,7-9,12H2,1-6H3/b14-10+. The van der Waals surface area contributed by atoms with Gasteiger partial charge in [-0.3, -0.25) is 9.97 Å². The van der Waals surface area contributed by atoms with Crippen molar-refractivity contribution in [1.82, 2.24) is 15.3 Å². The highest BCUT2D eigenvalue weighted by molar-refractivity contribution is 5.52. The van der Waals surface area contributed by atoms with Gasteiger partial charge >= 0.3 is 6.18 Å². The molecule has 5 nitrogen and oxygen atoms in total. The molecule has 0 saturated carbocycles. The number of rotatable bonds is 6. The molecule has 2 rings (SSSR count). The maximum atomic E-state index is 13.3. The molecule has 3 unspecified atom stereocenters. The smallest absolute Gasteiger partial charge is 0.395 e. The van der Waals surface area contributed by atoms with Gasteiger partial charge in [-0.25, -0.2) is 0 Å². The van der Waals surface area contributed by atoms with Crippen LogP contribution in [-0.4, -0.2) is 46.1 Å². The first-order chi connectivity index (χ1) is 13.9. The van der Waals surface area contributed by atoms with E-state index < -0.39 is 11.6 Å². The molecule has 0 aromatic carbocycles. The number of aliphatic hydroxyl groups excluding tert-OH is 1. The van der Waals surface area contributed by atoms with Crippen molar-refractivity contribution in [2.24, 2.45) is 5.41 Å². The van der Waals surface area contributed by atoms with Crippen LogP contribution in [0.25, 0.3) is 6.08 Å². The average Bonchev–Trinajstić information content (AvgIpc) is 2.84. The van der Waals surface area contributed by atoms with Gasteiger partial charge < -0.3 is 15.2 Å². The van der Waals surface area contributed by atoms with Crippen molar-refractivity contribution in [2.75, 3.05) is 6.61 Å². The maximum absolute atomic E-state index is 13.3. The molecule has 0 aliphatic carbocycles. The van der Waals surface area contributed by atoms with Crippen molar-refractivity contribution in [1.29, 1.82) is 0 Å². The van der Waals surface area contributed by atoms with E-state index in [4.69, 9.17) is 4.74 Å². The monoisotopic (exact) mass is 429 g/mol. The molecule has 0 bridgehead atoms. The Labute approximate surface area is 177 Å². The lowest BCUT2D eigenvalue weighted by Gasteiger charge is -2.29. The zero-order chi connectivity index (χ0) is 22.7. The summed E-state index contributed by atoms with van der Waals surface area (Å²) in [6, 6.07) is -0.309. The fourth-order valence-electron chi connectivity index (χ4n) is 3.52. The molecule has 1 aromatic rings. The normalized spacial score (nSPS) is 24.2. The SMILES string of the molecule is C/C(=C\c1ncc(C2CCCC(OC(C)C)C(CO)N2)nc1C)C(C)(C)C(F)(F)F. The molecular formula is C22H34F3N3O2. The highest BCUT2D eigenvalue weighted by Gasteiger charge is 2.48. The van der Waals surface area contributed by atoms with Crippen molar-refractivity contribution in [3.8, 4) is 0 Å². The molecule has 8 heteroatoms. The van der Waals surface area contributed by atoms with E-state index in [2.05, 4.69) is 15.3 Å². The van der Waals surface area contributed by atoms with Crippen LogP contribution < -0.4 is 5.32 Å². The molecule has 170 valence electrons. The van der Waals surface area contributed by atoms with Crippen molar-refractivity contribution in [2.45, 2.75) is 91.3 Å². The number of nitrogens with zero attached hydrogens (tertiary/aromatic N) is 2. The van der Waals surface area contributed by atoms with Gasteiger partial charge in [-0.2, -0.15) is 13.2 Å². The Balaban J connectivity index is 2.23. The second kappa shape index (κ2) is 9.75. The lowest BCUT2D eigenvalue weighted by Crippen LogP contribution is -2.45. The molecule has 1 aromatic heterocycles. The van der Waals surface area contributed by atoms with Crippen LogP contribution in [0, 0.1) is 12.3 Å². The van der Waals surface area contributed by atoms with Crippen LogP contribution in [0.4, 0.5) is 13.2 Å². The van der Waals surface area contributed by atoms with Gasteiger partial charge in [0.2, 0.25) is 0 Å². The minimum atomic E-state index is -4.34. The van der Waals surface area contributed by atoms with Gasteiger partial charge in [0, 0.05) is 0 Å². The Kier molecular flexibility index (Phi) is 8.04. The lowest BCUT2D eigenvalue weighted by atomic mass is 9.83. The fourth-order valence-corrected chi connectivity index (χ4v) is 3.52. The molecule has 1 aliphatic heterocycles. The Morgan fingerprint density at radius 3 is 2.53 bits per heavy atom. The third-order valence-corrected chi connectivity index (χ3v) is 5.90. The van der Waals surface area contributed by atoms with Gasteiger partial charge in [-0.05, 0) is 66.9 Å². The topological polar surface area (TPSA) is 67.3 Å². The Hall–Kier alpha value is -1.51. The van der Waals surface area contributed by atoms with Crippen LogP contribution in [0.1, 0.15) is 77.0 Å². The van der Waals surface area contributed by atoms with Crippen LogP contribution in [0.15, 0.2) is 11.8 Å². The maximum Gasteiger partial charge on any atom is 0.397 e. The van der Waals surface area contributed by atoms with Gasteiger partial charge in [0.25, 0.3) is 0 Å². The molecule has 0 spiro atoms. The summed E-state index contributed by atoms with van der Waals surface area (Å²) in [6.07, 6.45) is 1.29. The number of aliphatic hydroxyl groups is 1. The van der Waals surface area contributed by atoms with Gasteiger partial charge in [0.15, 0.2) is 0 Å². The van der Waals surface area contributed by atoms with E-state index in [1.807, 2.05) is 13.8 Å². The Morgan fingerprint density at radius 2 is 2.00 bits per heavy atom. The van der Waals surface area contributed by atoms with Crippen molar-refractivity contribution in [3.63, 3.8) is 0 Å². The zero-order valence-electron chi connectivity index (χ0n) is 18.7. The summed E-state index contributed by atoms with van der Waals surface area (Å²) in [4.78, 5) is 9.02. The highest BCUT2D eigenvalue weighted by atomic mass is 19.4. The minimum absolute atomic E-state index is 0.0488. The van der Waals surface area contributed by atoms with E-state index in [1.165, 1.54) is 13.0 Å². The van der Waals surface area contributed by atoms with E-state index >= 15 is 0 Å². The number of ether oxygens (including phenoxy) is 1. The van der Waals surface area contributed by atoms with E-state index in [1.54, 1.807) is 13.1 Å². The average molecular weight is 430 g/mol. The second-order valence-electron chi connectivity index (χ2n) is 8.88. The summed E-state index contributed by atoms with van der Waals surface area (Å²) in [5.74, 6) is 0. The molecular weight excluding hydrogens is 395 g/mol. The van der Waals surface area contributed by atoms with Crippen LogP contribution in [0.5, 0.6) is 0 Å². The van der Waals surface area contributed by atoms with Gasteiger partial charge in [-0.15, -0.1) is 0 Å². The number of allylic oxidation sites excluding steroid dienone is 1. The fraction of sp³-hybridized carbons (Fsp3) is 0.727. The number of aromatic nitrogens is 2.